The molecule has 0 aromatic carbocycles. The van der Waals surface area contributed by atoms with E-state index in [1.807, 2.05) is 17.8 Å². The quantitative estimate of drug-likeness (QED) is 0.772. The molecule has 0 atom stereocenters. The molecule has 0 bridgehead atoms. The van der Waals surface area contributed by atoms with E-state index in [0.717, 1.165) is 38.3 Å². The molecule has 0 unspecified atom stereocenters. The van der Waals surface area contributed by atoms with Gasteiger partial charge < -0.3 is 9.30 Å². The van der Waals surface area contributed by atoms with Gasteiger partial charge >= 0.3 is 0 Å². The van der Waals surface area contributed by atoms with Crippen molar-refractivity contribution < 1.29 is 9.53 Å². The molecule has 0 spiro atoms. The highest BCUT2D eigenvalue weighted by atomic mass is 16.5. The molecule has 16 heavy (non-hydrogen) atoms. The lowest BCUT2D eigenvalue weighted by Crippen LogP contribution is -2.23. The van der Waals surface area contributed by atoms with E-state index in [-0.39, 0.29) is 5.92 Å². The number of rotatable bonds is 4. The van der Waals surface area contributed by atoms with Crippen LogP contribution in [0.25, 0.3) is 0 Å². The number of Topliss-reactive ketones (excluding diaryl/α,β-unsaturated/α-hetero) is 1. The van der Waals surface area contributed by atoms with Crippen LogP contribution >= 0.6 is 0 Å². The summed E-state index contributed by atoms with van der Waals surface area (Å²) in [6, 6.07) is 0. The Bertz CT molecular complexity index is 354. The fourth-order valence-electron chi connectivity index (χ4n) is 2.10. The van der Waals surface area contributed by atoms with Crippen molar-refractivity contribution in [1.29, 1.82) is 0 Å². The van der Waals surface area contributed by atoms with Crippen LogP contribution in [0.4, 0.5) is 0 Å². The number of nitrogens with zero attached hydrogens (tertiary/aromatic N) is 2. The Hall–Kier alpha value is -1.16. The van der Waals surface area contributed by atoms with Crippen LogP contribution in [0.5, 0.6) is 0 Å². The number of ether oxygens (including phenoxy) is 1. The highest BCUT2D eigenvalue weighted by Crippen LogP contribution is 2.18. The maximum absolute atomic E-state index is 11.9. The van der Waals surface area contributed by atoms with E-state index < -0.39 is 0 Å². The molecule has 2 heterocycles. The van der Waals surface area contributed by atoms with Crippen molar-refractivity contribution in [1.82, 2.24) is 9.55 Å². The van der Waals surface area contributed by atoms with Crippen molar-refractivity contribution in [3.8, 4) is 0 Å². The van der Waals surface area contributed by atoms with E-state index >= 15 is 0 Å². The lowest BCUT2D eigenvalue weighted by molar-refractivity contribution is -0.125. The molecule has 1 aromatic heterocycles. The zero-order valence-electron chi connectivity index (χ0n) is 9.69. The second-order valence-electron chi connectivity index (χ2n) is 4.31. The Labute approximate surface area is 95.6 Å². The van der Waals surface area contributed by atoms with Crippen LogP contribution in [0.15, 0.2) is 12.4 Å². The van der Waals surface area contributed by atoms with Crippen molar-refractivity contribution >= 4 is 5.78 Å². The van der Waals surface area contributed by atoms with E-state index in [1.165, 1.54) is 0 Å². The average molecular weight is 222 g/mol. The largest absolute Gasteiger partial charge is 0.381 e. The molecular formula is C12H18N2O2. The Morgan fingerprint density at radius 3 is 2.94 bits per heavy atom. The Kier molecular flexibility index (Phi) is 3.72. The van der Waals surface area contributed by atoms with E-state index in [9.17, 15) is 4.79 Å². The van der Waals surface area contributed by atoms with Gasteiger partial charge in [0.25, 0.3) is 0 Å². The van der Waals surface area contributed by atoms with Crippen molar-refractivity contribution in [3.63, 3.8) is 0 Å². The highest BCUT2D eigenvalue weighted by molar-refractivity contribution is 5.81. The van der Waals surface area contributed by atoms with Crippen LogP contribution in [0.2, 0.25) is 0 Å². The predicted molar refractivity (Wildman–Crippen MR) is 60.1 cm³/mol. The summed E-state index contributed by atoms with van der Waals surface area (Å²) in [4.78, 5) is 16.1. The number of ketones is 1. The Morgan fingerprint density at radius 2 is 2.31 bits per heavy atom. The fourth-order valence-corrected chi connectivity index (χ4v) is 2.10. The summed E-state index contributed by atoms with van der Waals surface area (Å²) in [6.45, 7) is 1.47. The Morgan fingerprint density at radius 1 is 1.56 bits per heavy atom. The normalized spacial score (nSPS) is 17.6. The molecule has 1 aliphatic rings. The minimum Gasteiger partial charge on any atom is -0.381 e. The van der Waals surface area contributed by atoms with Crippen LogP contribution in [-0.2, 0) is 23.0 Å². The zero-order chi connectivity index (χ0) is 11.4. The summed E-state index contributed by atoms with van der Waals surface area (Å²) in [6.07, 6.45) is 6.82. The number of imidazole rings is 1. The molecule has 0 amide bonds. The van der Waals surface area contributed by atoms with Crippen LogP contribution in [0.1, 0.15) is 25.1 Å². The molecule has 1 aliphatic heterocycles. The average Bonchev–Trinajstić information content (AvgIpc) is 2.73. The highest BCUT2D eigenvalue weighted by Gasteiger charge is 2.21. The third-order valence-corrected chi connectivity index (χ3v) is 3.19. The van der Waals surface area contributed by atoms with E-state index in [4.69, 9.17) is 4.74 Å². The molecule has 1 saturated heterocycles. The second kappa shape index (κ2) is 5.25. The molecule has 0 aliphatic carbocycles. The van der Waals surface area contributed by atoms with Gasteiger partial charge in [-0.15, -0.1) is 0 Å². The number of hydrogen-bond acceptors (Lipinski definition) is 3. The molecular weight excluding hydrogens is 204 g/mol. The van der Waals surface area contributed by atoms with Gasteiger partial charge in [-0.2, -0.15) is 0 Å². The molecule has 1 aromatic rings. The van der Waals surface area contributed by atoms with Gasteiger partial charge in [-0.3, -0.25) is 4.79 Å². The van der Waals surface area contributed by atoms with Gasteiger partial charge in [0.15, 0.2) is 0 Å². The van der Waals surface area contributed by atoms with Crippen LogP contribution in [0.3, 0.4) is 0 Å². The van der Waals surface area contributed by atoms with Crippen molar-refractivity contribution in [2.24, 2.45) is 13.0 Å². The topological polar surface area (TPSA) is 44.1 Å². The first-order valence-corrected chi connectivity index (χ1v) is 5.84. The van der Waals surface area contributed by atoms with Gasteiger partial charge in [-0.05, 0) is 12.8 Å². The second-order valence-corrected chi connectivity index (χ2v) is 4.31. The molecule has 0 N–H and O–H groups in total. The molecule has 0 saturated carbocycles. The third kappa shape index (κ3) is 2.70. The van der Waals surface area contributed by atoms with Crippen molar-refractivity contribution in [2.45, 2.75) is 25.7 Å². The maximum Gasteiger partial charge on any atom is 0.136 e. The van der Waals surface area contributed by atoms with E-state index in [2.05, 4.69) is 4.98 Å². The molecule has 1 fully saturated rings. The minimum atomic E-state index is 0.217. The maximum atomic E-state index is 11.9. The number of aromatic nitrogens is 2. The van der Waals surface area contributed by atoms with Gasteiger partial charge in [-0.25, -0.2) is 4.98 Å². The van der Waals surface area contributed by atoms with Gasteiger partial charge in [0.2, 0.25) is 0 Å². The summed E-state index contributed by atoms with van der Waals surface area (Å²) in [5.74, 6) is 1.57. The monoisotopic (exact) mass is 222 g/mol. The first-order valence-electron chi connectivity index (χ1n) is 5.84. The summed E-state index contributed by atoms with van der Waals surface area (Å²) < 4.78 is 7.22. The lowest BCUT2D eigenvalue weighted by atomic mass is 9.93. The number of hydrogen-bond donors (Lipinski definition) is 0. The van der Waals surface area contributed by atoms with E-state index in [1.54, 1.807) is 6.20 Å². The fraction of sp³-hybridized carbons (Fsp3) is 0.667. The molecule has 2 rings (SSSR count). The number of carbonyl (C=O) groups excluding carboxylic acids is 1. The molecule has 0 radical (unpaired) electrons. The molecule has 88 valence electrons. The minimum absolute atomic E-state index is 0.217. The standard InChI is InChI=1S/C12H18N2O2/c1-14-7-6-13-12(14)3-2-11(15)10-4-8-16-9-5-10/h6-7,10H,2-5,8-9H2,1H3. The number of aryl methyl sites for hydroxylation is 2. The first-order chi connectivity index (χ1) is 7.77. The summed E-state index contributed by atoms with van der Waals surface area (Å²) >= 11 is 0. The SMILES string of the molecule is Cn1ccnc1CCC(=O)C1CCOCC1. The summed E-state index contributed by atoms with van der Waals surface area (Å²) in [7, 11) is 1.96. The van der Waals surface area contributed by atoms with Crippen LogP contribution in [0, 0.1) is 5.92 Å². The van der Waals surface area contributed by atoms with Gasteiger partial charge in [0.1, 0.15) is 11.6 Å². The number of carbonyl (C=O) groups is 1. The molecule has 4 nitrogen and oxygen atoms in total. The lowest BCUT2D eigenvalue weighted by Gasteiger charge is -2.20. The predicted octanol–water partition coefficient (Wildman–Crippen LogP) is 1.35. The van der Waals surface area contributed by atoms with E-state index in [0.29, 0.717) is 12.2 Å². The zero-order valence-corrected chi connectivity index (χ0v) is 9.69. The van der Waals surface area contributed by atoms with Gasteiger partial charge in [0.05, 0.1) is 0 Å². The third-order valence-electron chi connectivity index (χ3n) is 3.19. The summed E-state index contributed by atoms with van der Waals surface area (Å²) in [5.41, 5.74) is 0. The first kappa shape index (κ1) is 11.3. The smallest absolute Gasteiger partial charge is 0.136 e. The Balaban J connectivity index is 1.81. The van der Waals surface area contributed by atoms with Gasteiger partial charge in [-0.1, -0.05) is 0 Å². The molecule has 4 heteroatoms. The summed E-state index contributed by atoms with van der Waals surface area (Å²) in [5, 5.41) is 0. The van der Waals surface area contributed by atoms with Crippen LogP contribution in [-0.4, -0.2) is 28.5 Å². The van der Waals surface area contributed by atoms with Crippen molar-refractivity contribution in [2.75, 3.05) is 13.2 Å². The van der Waals surface area contributed by atoms with Crippen LogP contribution < -0.4 is 0 Å². The van der Waals surface area contributed by atoms with Gasteiger partial charge in [0, 0.05) is 51.4 Å². The van der Waals surface area contributed by atoms with Crippen molar-refractivity contribution in [3.05, 3.63) is 18.2 Å².